The minimum Gasteiger partial charge on any atom is -0.480 e. The average Bonchev–Trinajstić information content (AvgIpc) is 3.30. The lowest BCUT2D eigenvalue weighted by atomic mass is 10.0. The number of nitrogens with one attached hydrogen (secondary N) is 4. The Morgan fingerprint density at radius 1 is 0.895 bits per heavy atom. The summed E-state index contributed by atoms with van der Waals surface area (Å²) < 4.78 is 0. The molecule has 10 nitrogen and oxygen atoms in total. The summed E-state index contributed by atoms with van der Waals surface area (Å²) in [6.07, 6.45) is 6.24. The van der Waals surface area contributed by atoms with Crippen molar-refractivity contribution in [2.75, 3.05) is 24.0 Å². The molecule has 0 aliphatic rings. The molecule has 4 atom stereocenters. The predicted octanol–water partition coefficient (Wildman–Crippen LogP) is 1.74. The lowest BCUT2D eigenvalue weighted by Crippen LogP contribution is -2.58. The summed E-state index contributed by atoms with van der Waals surface area (Å²) in [5.74, 6) is -1.63. The van der Waals surface area contributed by atoms with E-state index in [0.717, 1.165) is 16.5 Å². The second-order valence-corrected chi connectivity index (χ2v) is 11.4. The highest BCUT2D eigenvalue weighted by Crippen LogP contribution is 2.19. The molecule has 3 amide bonds. The molecule has 0 spiro atoms. The molecule has 0 bridgehead atoms. The number of carboxylic acids is 1. The van der Waals surface area contributed by atoms with Crippen molar-refractivity contribution in [1.82, 2.24) is 20.9 Å². The molecule has 2 rings (SSSR count). The van der Waals surface area contributed by atoms with Gasteiger partial charge in [-0.15, -0.1) is 0 Å². The van der Waals surface area contributed by atoms with Crippen molar-refractivity contribution in [3.8, 4) is 0 Å². The third-order valence-electron chi connectivity index (χ3n) is 6.22. The molecule has 2 aromatic rings. The molecule has 12 heteroatoms. The number of thioether (sulfide) groups is 2. The van der Waals surface area contributed by atoms with Crippen molar-refractivity contribution in [3.05, 3.63) is 36.0 Å². The monoisotopic (exact) mass is 565 g/mol. The zero-order valence-corrected chi connectivity index (χ0v) is 23.9. The number of aromatic amines is 1. The van der Waals surface area contributed by atoms with Gasteiger partial charge in [0.25, 0.3) is 0 Å². The van der Waals surface area contributed by atoms with Crippen LogP contribution < -0.4 is 21.7 Å². The minimum absolute atomic E-state index is 0.0772. The van der Waals surface area contributed by atoms with E-state index in [-0.39, 0.29) is 12.3 Å². The number of carboxylic acid groups (broad SMARTS) is 1. The van der Waals surface area contributed by atoms with Crippen LogP contribution in [0.3, 0.4) is 0 Å². The number of carbonyl (C=O) groups excluding carboxylic acids is 3. The fourth-order valence-electron chi connectivity index (χ4n) is 3.84. The molecule has 0 aliphatic heterocycles. The van der Waals surface area contributed by atoms with Crippen LogP contribution in [0.4, 0.5) is 0 Å². The highest BCUT2D eigenvalue weighted by atomic mass is 32.2. The summed E-state index contributed by atoms with van der Waals surface area (Å²) in [4.78, 5) is 54.1. The van der Waals surface area contributed by atoms with Gasteiger partial charge in [-0.05, 0) is 54.4 Å². The van der Waals surface area contributed by atoms with Gasteiger partial charge in [0, 0.05) is 23.5 Å². The van der Waals surface area contributed by atoms with Gasteiger partial charge in [0.05, 0.1) is 6.04 Å². The lowest BCUT2D eigenvalue weighted by Gasteiger charge is -2.25. The quantitative estimate of drug-likeness (QED) is 0.179. The number of carbonyl (C=O) groups is 4. The third-order valence-corrected chi connectivity index (χ3v) is 7.51. The number of para-hydroxylation sites is 1. The zero-order valence-electron chi connectivity index (χ0n) is 22.3. The number of H-pyrrole nitrogens is 1. The fraction of sp³-hybridized carbons (Fsp3) is 0.538. The van der Waals surface area contributed by atoms with Crippen molar-refractivity contribution in [2.45, 2.75) is 57.3 Å². The van der Waals surface area contributed by atoms with E-state index in [1.54, 1.807) is 6.20 Å². The largest absolute Gasteiger partial charge is 0.480 e. The van der Waals surface area contributed by atoms with E-state index in [1.165, 1.54) is 23.5 Å². The van der Waals surface area contributed by atoms with E-state index in [0.29, 0.717) is 24.3 Å². The number of aliphatic carboxylic acids is 1. The van der Waals surface area contributed by atoms with E-state index >= 15 is 0 Å². The lowest BCUT2D eigenvalue weighted by molar-refractivity contribution is -0.142. The number of fused-ring (bicyclic) bond motifs is 1. The van der Waals surface area contributed by atoms with Crippen molar-refractivity contribution in [3.63, 3.8) is 0 Å². The highest BCUT2D eigenvalue weighted by molar-refractivity contribution is 7.98. The summed E-state index contributed by atoms with van der Waals surface area (Å²) in [5.41, 5.74) is 7.59. The molecule has 0 fully saturated rings. The van der Waals surface area contributed by atoms with Gasteiger partial charge in [0.2, 0.25) is 17.7 Å². The maximum Gasteiger partial charge on any atom is 0.326 e. The number of amides is 3. The fourth-order valence-corrected chi connectivity index (χ4v) is 4.79. The van der Waals surface area contributed by atoms with Gasteiger partial charge in [-0.1, -0.05) is 32.0 Å². The molecular weight excluding hydrogens is 526 g/mol. The Hall–Kier alpha value is -2.70. The normalized spacial score (nSPS) is 14.5. The Kier molecular flexibility index (Phi) is 13.0. The second-order valence-electron chi connectivity index (χ2n) is 9.42. The van der Waals surface area contributed by atoms with Crippen LogP contribution >= 0.6 is 23.5 Å². The van der Waals surface area contributed by atoms with E-state index in [1.807, 2.05) is 50.6 Å². The Labute approximate surface area is 232 Å². The SMILES string of the molecule is CSCCC(NC(=O)C(CCSC)NC(=O)C(N)C(C)C)C(=O)NC(Cc1c[nH]c2ccccc12)C(=O)O. The Morgan fingerprint density at radius 2 is 1.42 bits per heavy atom. The molecule has 38 heavy (non-hydrogen) atoms. The first-order valence-electron chi connectivity index (χ1n) is 12.5. The van der Waals surface area contributed by atoms with Crippen molar-refractivity contribution >= 4 is 58.1 Å². The van der Waals surface area contributed by atoms with E-state index in [4.69, 9.17) is 5.73 Å². The predicted molar refractivity (Wildman–Crippen MR) is 154 cm³/mol. The Balaban J connectivity index is 2.16. The number of nitrogens with two attached hydrogens (primary N) is 1. The number of benzene rings is 1. The first-order chi connectivity index (χ1) is 18.1. The van der Waals surface area contributed by atoms with Crippen LogP contribution in [0.1, 0.15) is 32.3 Å². The minimum atomic E-state index is -1.19. The summed E-state index contributed by atoms with van der Waals surface area (Å²) in [6.45, 7) is 3.64. The molecule has 1 aromatic carbocycles. The standard InChI is InChI=1S/C26H39N5O5S2/c1-15(2)22(27)25(34)30-20(10-12-38-4)23(32)29-19(9-11-37-3)24(33)31-21(26(35)36)13-16-14-28-18-8-6-5-7-17(16)18/h5-8,14-15,19-22,28H,9-13,27H2,1-4H3,(H,29,32)(H,30,34)(H,31,33)(H,35,36). The molecule has 0 saturated carbocycles. The summed E-state index contributed by atoms with van der Waals surface area (Å²) in [6, 6.07) is 3.73. The highest BCUT2D eigenvalue weighted by Gasteiger charge is 2.30. The smallest absolute Gasteiger partial charge is 0.326 e. The van der Waals surface area contributed by atoms with Gasteiger partial charge in [-0.25, -0.2) is 4.79 Å². The van der Waals surface area contributed by atoms with Crippen LogP contribution in [0.2, 0.25) is 0 Å². The summed E-state index contributed by atoms with van der Waals surface area (Å²) in [7, 11) is 0. The van der Waals surface area contributed by atoms with Gasteiger partial charge < -0.3 is 31.8 Å². The molecule has 4 unspecified atom stereocenters. The molecule has 0 radical (unpaired) electrons. The van der Waals surface area contributed by atoms with Gasteiger partial charge in [-0.2, -0.15) is 23.5 Å². The molecule has 210 valence electrons. The maximum absolute atomic E-state index is 13.2. The van der Waals surface area contributed by atoms with E-state index in [2.05, 4.69) is 20.9 Å². The molecular formula is C26H39N5O5S2. The Bertz CT molecular complexity index is 1090. The van der Waals surface area contributed by atoms with Crippen LogP contribution in [0.25, 0.3) is 10.9 Å². The van der Waals surface area contributed by atoms with Crippen LogP contribution in [0.5, 0.6) is 0 Å². The molecule has 0 aliphatic carbocycles. The van der Waals surface area contributed by atoms with Crippen LogP contribution in [0.15, 0.2) is 30.5 Å². The van der Waals surface area contributed by atoms with Crippen molar-refractivity contribution in [2.24, 2.45) is 11.7 Å². The van der Waals surface area contributed by atoms with Crippen molar-refractivity contribution in [1.29, 1.82) is 0 Å². The maximum atomic E-state index is 13.2. The summed E-state index contributed by atoms with van der Waals surface area (Å²) >= 11 is 3.03. The third kappa shape index (κ3) is 9.25. The number of aromatic nitrogens is 1. The van der Waals surface area contributed by atoms with Crippen molar-refractivity contribution < 1.29 is 24.3 Å². The molecule has 0 saturated heterocycles. The van der Waals surface area contributed by atoms with E-state index < -0.39 is 47.9 Å². The van der Waals surface area contributed by atoms with Gasteiger partial charge in [-0.3, -0.25) is 14.4 Å². The number of hydrogen-bond donors (Lipinski definition) is 6. The van der Waals surface area contributed by atoms with Crippen LogP contribution in [-0.4, -0.2) is 82.0 Å². The van der Waals surface area contributed by atoms with Crippen LogP contribution in [0, 0.1) is 5.92 Å². The van der Waals surface area contributed by atoms with E-state index in [9.17, 15) is 24.3 Å². The zero-order chi connectivity index (χ0) is 28.2. The first kappa shape index (κ1) is 31.5. The van der Waals surface area contributed by atoms with Gasteiger partial charge >= 0.3 is 5.97 Å². The molecule has 1 aromatic heterocycles. The number of hydrogen-bond acceptors (Lipinski definition) is 7. The number of rotatable bonds is 16. The van der Waals surface area contributed by atoms with Gasteiger partial charge in [0.15, 0.2) is 0 Å². The second kappa shape index (κ2) is 15.6. The topological polar surface area (TPSA) is 166 Å². The summed E-state index contributed by atoms with van der Waals surface area (Å²) in [5, 5.41) is 18.8. The molecule has 7 N–H and O–H groups in total. The van der Waals surface area contributed by atoms with Gasteiger partial charge in [0.1, 0.15) is 18.1 Å². The van der Waals surface area contributed by atoms with Crippen LogP contribution in [-0.2, 0) is 25.6 Å². The average molecular weight is 566 g/mol. The Morgan fingerprint density at radius 3 is 1.95 bits per heavy atom. The molecule has 1 heterocycles. The first-order valence-corrected chi connectivity index (χ1v) is 15.3.